The molecule has 0 saturated carbocycles. The zero-order valence-electron chi connectivity index (χ0n) is 14.4. The Morgan fingerprint density at radius 2 is 2.17 bits per heavy atom. The molecule has 0 unspecified atom stereocenters. The van der Waals surface area contributed by atoms with Gasteiger partial charge < -0.3 is 5.32 Å². The first-order valence-corrected chi connectivity index (χ1v) is 8.09. The van der Waals surface area contributed by atoms with Crippen LogP contribution in [0, 0.1) is 13.8 Å². The number of nitrogens with one attached hydrogen (secondary N) is 1. The number of carbonyl (C=O) groups is 1. The summed E-state index contributed by atoms with van der Waals surface area (Å²) in [7, 11) is 0. The third-order valence-electron chi connectivity index (χ3n) is 4.19. The summed E-state index contributed by atoms with van der Waals surface area (Å²) in [5, 5.41) is 8.07. The molecule has 3 aromatic rings. The Balaban J connectivity index is 2.04. The summed E-state index contributed by atoms with van der Waals surface area (Å²) in [5.74, 6) is 0.371. The van der Waals surface area contributed by atoms with Crippen LogP contribution in [0.1, 0.15) is 47.9 Å². The van der Waals surface area contributed by atoms with Crippen LogP contribution in [0.4, 0.5) is 5.82 Å². The topological polar surface area (TPSA) is 72.7 Å². The van der Waals surface area contributed by atoms with Gasteiger partial charge in [0.1, 0.15) is 5.82 Å². The number of hydrogen-bond acceptors (Lipinski definition) is 4. The van der Waals surface area contributed by atoms with Gasteiger partial charge in [0.2, 0.25) is 0 Å². The van der Waals surface area contributed by atoms with E-state index in [-0.39, 0.29) is 11.9 Å². The first-order valence-electron chi connectivity index (χ1n) is 8.09. The molecule has 3 rings (SSSR count). The van der Waals surface area contributed by atoms with Crippen molar-refractivity contribution in [2.24, 2.45) is 0 Å². The molecule has 24 heavy (non-hydrogen) atoms. The standard InChI is InChI=1S/C18H21N5O/c1-5-13(4)23-17-15(10-20-23)14(9-12(3)21-17)18(24)22-16-11(2)7-6-8-19-16/h6-10,13H,5H2,1-4H3,(H,19,22,24)/t13-/m1/s1. The average Bonchev–Trinajstić information content (AvgIpc) is 2.99. The largest absolute Gasteiger partial charge is 0.306 e. The summed E-state index contributed by atoms with van der Waals surface area (Å²) in [5.41, 5.74) is 3.02. The SMILES string of the molecule is CC[C@@H](C)n1ncc2c(C(=O)Nc3ncccc3C)cc(C)nc21. The third kappa shape index (κ3) is 2.87. The number of hydrogen-bond donors (Lipinski definition) is 1. The van der Waals surface area contributed by atoms with E-state index in [2.05, 4.69) is 34.2 Å². The minimum atomic E-state index is -0.198. The van der Waals surface area contributed by atoms with Crippen LogP contribution in [-0.2, 0) is 0 Å². The summed E-state index contributed by atoms with van der Waals surface area (Å²) < 4.78 is 1.88. The normalized spacial score (nSPS) is 12.3. The number of nitrogens with zero attached hydrogens (tertiary/aromatic N) is 4. The van der Waals surface area contributed by atoms with Gasteiger partial charge in [0.25, 0.3) is 5.91 Å². The number of fused-ring (bicyclic) bond motifs is 1. The highest BCUT2D eigenvalue weighted by Gasteiger charge is 2.18. The van der Waals surface area contributed by atoms with E-state index >= 15 is 0 Å². The van der Waals surface area contributed by atoms with Crippen molar-refractivity contribution in [1.29, 1.82) is 0 Å². The number of amides is 1. The van der Waals surface area contributed by atoms with Crippen LogP contribution in [0.5, 0.6) is 0 Å². The van der Waals surface area contributed by atoms with Crippen LogP contribution < -0.4 is 5.32 Å². The molecule has 0 aliphatic rings. The molecule has 0 aliphatic carbocycles. The van der Waals surface area contributed by atoms with Crippen molar-refractivity contribution in [3.05, 3.63) is 47.4 Å². The number of aryl methyl sites for hydroxylation is 2. The van der Waals surface area contributed by atoms with Gasteiger partial charge in [0.15, 0.2) is 5.65 Å². The molecule has 0 aliphatic heterocycles. The fourth-order valence-corrected chi connectivity index (χ4v) is 2.62. The van der Waals surface area contributed by atoms with Crippen LogP contribution in [-0.4, -0.2) is 25.7 Å². The van der Waals surface area contributed by atoms with E-state index in [1.54, 1.807) is 18.5 Å². The maximum Gasteiger partial charge on any atom is 0.257 e. The Labute approximate surface area is 140 Å². The highest BCUT2D eigenvalue weighted by atomic mass is 16.1. The summed E-state index contributed by atoms with van der Waals surface area (Å²) in [6.45, 7) is 7.99. The average molecular weight is 323 g/mol. The number of pyridine rings is 2. The van der Waals surface area contributed by atoms with E-state index in [0.29, 0.717) is 11.4 Å². The fraction of sp³-hybridized carbons (Fsp3) is 0.333. The van der Waals surface area contributed by atoms with Crippen molar-refractivity contribution >= 4 is 22.8 Å². The van der Waals surface area contributed by atoms with Crippen molar-refractivity contribution in [3.8, 4) is 0 Å². The molecule has 1 atom stereocenters. The van der Waals surface area contributed by atoms with E-state index in [4.69, 9.17) is 0 Å². The molecule has 3 aromatic heterocycles. The quantitative estimate of drug-likeness (QED) is 0.795. The van der Waals surface area contributed by atoms with Crippen LogP contribution in [0.2, 0.25) is 0 Å². The smallest absolute Gasteiger partial charge is 0.257 e. The third-order valence-corrected chi connectivity index (χ3v) is 4.19. The van der Waals surface area contributed by atoms with Crippen molar-refractivity contribution in [2.75, 3.05) is 5.32 Å². The molecule has 124 valence electrons. The molecule has 0 saturated heterocycles. The summed E-state index contributed by atoms with van der Waals surface area (Å²) >= 11 is 0. The molecule has 0 radical (unpaired) electrons. The van der Waals surface area contributed by atoms with E-state index in [1.807, 2.05) is 30.7 Å². The maximum absolute atomic E-state index is 12.8. The molecule has 6 heteroatoms. The first kappa shape index (κ1) is 16.1. The monoisotopic (exact) mass is 323 g/mol. The van der Waals surface area contributed by atoms with E-state index in [0.717, 1.165) is 28.7 Å². The molecule has 0 bridgehead atoms. The highest BCUT2D eigenvalue weighted by molar-refractivity contribution is 6.11. The number of rotatable bonds is 4. The van der Waals surface area contributed by atoms with Gasteiger partial charge in [-0.15, -0.1) is 0 Å². The number of carbonyl (C=O) groups excluding carboxylic acids is 1. The van der Waals surface area contributed by atoms with Gasteiger partial charge in [-0.3, -0.25) is 4.79 Å². The summed E-state index contributed by atoms with van der Waals surface area (Å²) in [6, 6.07) is 5.77. The second-order valence-corrected chi connectivity index (χ2v) is 6.02. The van der Waals surface area contributed by atoms with Crippen molar-refractivity contribution in [1.82, 2.24) is 19.7 Å². The lowest BCUT2D eigenvalue weighted by atomic mass is 10.1. The van der Waals surface area contributed by atoms with Crippen LogP contribution >= 0.6 is 0 Å². The van der Waals surface area contributed by atoms with Crippen LogP contribution in [0.25, 0.3) is 11.0 Å². The zero-order chi connectivity index (χ0) is 17.3. The Morgan fingerprint density at radius 1 is 1.38 bits per heavy atom. The fourth-order valence-electron chi connectivity index (χ4n) is 2.62. The van der Waals surface area contributed by atoms with Gasteiger partial charge in [0.05, 0.1) is 23.2 Å². The molecular weight excluding hydrogens is 302 g/mol. The molecule has 0 fully saturated rings. The Kier molecular flexibility index (Phi) is 4.29. The highest BCUT2D eigenvalue weighted by Crippen LogP contribution is 2.23. The van der Waals surface area contributed by atoms with Gasteiger partial charge >= 0.3 is 0 Å². The van der Waals surface area contributed by atoms with E-state index in [1.165, 1.54) is 0 Å². The Hall–Kier alpha value is -2.76. The Bertz CT molecular complexity index is 900. The van der Waals surface area contributed by atoms with E-state index in [9.17, 15) is 4.79 Å². The van der Waals surface area contributed by atoms with Gasteiger partial charge in [0, 0.05) is 11.9 Å². The van der Waals surface area contributed by atoms with Crippen molar-refractivity contribution < 1.29 is 4.79 Å². The number of aromatic nitrogens is 4. The first-order chi connectivity index (χ1) is 11.5. The van der Waals surface area contributed by atoms with Crippen LogP contribution in [0.15, 0.2) is 30.6 Å². The van der Waals surface area contributed by atoms with E-state index < -0.39 is 0 Å². The lowest BCUT2D eigenvalue weighted by Gasteiger charge is -2.11. The van der Waals surface area contributed by atoms with Gasteiger partial charge in [-0.25, -0.2) is 14.6 Å². The molecule has 6 nitrogen and oxygen atoms in total. The van der Waals surface area contributed by atoms with Crippen LogP contribution in [0.3, 0.4) is 0 Å². The zero-order valence-corrected chi connectivity index (χ0v) is 14.4. The lowest BCUT2D eigenvalue weighted by molar-refractivity contribution is 0.102. The summed E-state index contributed by atoms with van der Waals surface area (Å²) in [6.07, 6.45) is 4.33. The lowest BCUT2D eigenvalue weighted by Crippen LogP contribution is -2.15. The maximum atomic E-state index is 12.8. The predicted molar refractivity (Wildman–Crippen MR) is 94.2 cm³/mol. The minimum Gasteiger partial charge on any atom is -0.306 e. The Morgan fingerprint density at radius 3 is 2.88 bits per heavy atom. The van der Waals surface area contributed by atoms with Crippen molar-refractivity contribution in [3.63, 3.8) is 0 Å². The second kappa shape index (κ2) is 6.39. The van der Waals surface area contributed by atoms with Crippen molar-refractivity contribution in [2.45, 2.75) is 40.2 Å². The molecule has 0 aromatic carbocycles. The van der Waals surface area contributed by atoms with Gasteiger partial charge in [-0.1, -0.05) is 13.0 Å². The molecule has 1 N–H and O–H groups in total. The molecule has 3 heterocycles. The molecular formula is C18H21N5O. The molecule has 0 spiro atoms. The summed E-state index contributed by atoms with van der Waals surface area (Å²) in [4.78, 5) is 21.6. The molecule has 1 amide bonds. The predicted octanol–water partition coefficient (Wildman–Crippen LogP) is 3.67. The number of anilines is 1. The second-order valence-electron chi connectivity index (χ2n) is 6.02. The van der Waals surface area contributed by atoms with Gasteiger partial charge in [-0.2, -0.15) is 5.10 Å². The van der Waals surface area contributed by atoms with Gasteiger partial charge in [-0.05, 0) is 44.9 Å². The minimum absolute atomic E-state index is 0.198.